The Morgan fingerprint density at radius 2 is 2.59 bits per heavy atom. The van der Waals surface area contributed by atoms with E-state index in [4.69, 9.17) is 6.07 Å². The van der Waals surface area contributed by atoms with Gasteiger partial charge in [-0.25, -0.2) is 5.10 Å². The molecule has 0 aromatic carbocycles. The molecule has 1 fully saturated rings. The molecule has 0 radical (unpaired) electrons. The number of rotatable bonds is 7. The number of nitrogens with zero attached hydrogens (tertiary/aromatic N) is 4. The quantitative estimate of drug-likeness (QED) is 0.753. The lowest BCUT2D eigenvalue weighted by atomic mass is 10.1. The minimum Gasteiger partial charge on any atom is -0.374 e. The van der Waals surface area contributed by atoms with E-state index in [-0.39, 0.29) is 19.8 Å². The monoisotopic (exact) mass is 318 g/mol. The number of carbonyl (C=O) groups excluding carboxylic acids is 1. The van der Waals surface area contributed by atoms with Crippen LogP contribution in [0.3, 0.4) is 0 Å². The van der Waals surface area contributed by atoms with E-state index in [1.807, 2.05) is 12.1 Å². The molecule has 7 nitrogen and oxygen atoms in total. The van der Waals surface area contributed by atoms with Crippen molar-refractivity contribution >= 4 is 25.1 Å². The number of nitrogens with one attached hydrogen (secondary N) is 1. The summed E-state index contributed by atoms with van der Waals surface area (Å²) in [6.07, 6.45) is 3.04. The topological polar surface area (TPSA) is 84.0 Å². The molecule has 2 aromatic heterocycles. The van der Waals surface area contributed by atoms with Gasteiger partial charge >= 0.3 is 0 Å². The second-order valence-corrected chi connectivity index (χ2v) is 6.08. The van der Waals surface area contributed by atoms with Crippen molar-refractivity contribution in [1.82, 2.24) is 25.5 Å². The van der Waals surface area contributed by atoms with E-state index in [1.165, 1.54) is 0 Å². The normalized spacial score (nSPS) is 19.1. The number of aromatic nitrogens is 4. The fraction of sp³-hybridized carbons (Fsp3) is 0.385. The highest BCUT2D eigenvalue weighted by molar-refractivity contribution is 7.15. The number of likely N-dealkylation sites (tertiary alicyclic amines) is 1. The van der Waals surface area contributed by atoms with Crippen LogP contribution in [0.5, 0.6) is 0 Å². The van der Waals surface area contributed by atoms with Gasteiger partial charge in [0.2, 0.25) is 5.91 Å². The standard InChI is InChI=1S/C13H16BN5O2S/c14-5-6-19-9(1-4-12(19)20)7-21-8-10-2-3-11(22-10)13-15-17-18-16-13/h2-3,5-6,9H,1,4,7-8,14H2,(H,15,16,17,18)/b6-5+/i14D. The van der Waals surface area contributed by atoms with Crippen LogP contribution in [0.1, 0.15) is 17.7 Å². The highest BCUT2D eigenvalue weighted by Gasteiger charge is 2.29. The average Bonchev–Trinajstić information content (AvgIpc) is 3.27. The Morgan fingerprint density at radius 1 is 1.64 bits per heavy atom. The average molecular weight is 318 g/mol. The summed E-state index contributed by atoms with van der Waals surface area (Å²) in [6.45, 7) is 0.984. The molecule has 1 unspecified atom stereocenters. The van der Waals surface area contributed by atoms with E-state index >= 15 is 0 Å². The van der Waals surface area contributed by atoms with Gasteiger partial charge in [0.05, 0.1) is 24.1 Å². The summed E-state index contributed by atoms with van der Waals surface area (Å²) in [4.78, 5) is 15.5. The molecule has 3 rings (SSSR count). The largest absolute Gasteiger partial charge is 0.374 e. The van der Waals surface area contributed by atoms with Crippen LogP contribution < -0.4 is 0 Å². The van der Waals surface area contributed by atoms with Crippen LogP contribution in [-0.4, -0.2) is 53.2 Å². The van der Waals surface area contributed by atoms with Gasteiger partial charge in [0.15, 0.2) is 5.82 Å². The zero-order chi connectivity index (χ0) is 16.1. The van der Waals surface area contributed by atoms with Crippen LogP contribution in [-0.2, 0) is 16.1 Å². The number of H-pyrrole nitrogens is 1. The first-order valence-electron chi connectivity index (χ1n) is 7.66. The third-order valence-corrected chi connectivity index (χ3v) is 4.50. The number of aromatic amines is 1. The lowest BCUT2D eigenvalue weighted by Crippen LogP contribution is -2.31. The summed E-state index contributed by atoms with van der Waals surface area (Å²) >= 11 is 1.57. The molecule has 3 heterocycles. The van der Waals surface area contributed by atoms with E-state index in [1.54, 1.807) is 28.4 Å². The molecule has 1 N–H and O–H groups in total. The number of amides is 1. The van der Waals surface area contributed by atoms with Gasteiger partial charge in [-0.1, -0.05) is 0 Å². The van der Waals surface area contributed by atoms with Crippen LogP contribution >= 0.6 is 11.3 Å². The van der Waals surface area contributed by atoms with Gasteiger partial charge in [0.25, 0.3) is 0 Å². The van der Waals surface area contributed by atoms with Crippen LogP contribution in [0.4, 0.5) is 0 Å². The Hall–Kier alpha value is -2.00. The van der Waals surface area contributed by atoms with Crippen LogP contribution in [0, 0.1) is 0 Å². The van der Waals surface area contributed by atoms with E-state index in [2.05, 4.69) is 20.6 Å². The third kappa shape index (κ3) is 3.25. The summed E-state index contributed by atoms with van der Waals surface area (Å²) in [6, 6.07) is 4.00. The van der Waals surface area contributed by atoms with Gasteiger partial charge in [0, 0.05) is 11.3 Å². The van der Waals surface area contributed by atoms with E-state index in [0.29, 0.717) is 25.5 Å². The number of ether oxygens (including phenoxy) is 1. The van der Waals surface area contributed by atoms with E-state index in [9.17, 15) is 4.79 Å². The zero-order valence-electron chi connectivity index (χ0n) is 12.9. The smallest absolute Gasteiger partial charge is 0.226 e. The molecule has 1 amide bonds. The van der Waals surface area contributed by atoms with Crippen LogP contribution in [0.25, 0.3) is 10.7 Å². The van der Waals surface area contributed by atoms with Crippen molar-refractivity contribution in [1.29, 1.82) is 1.34 Å². The molecule has 9 heteroatoms. The molecule has 0 saturated carbocycles. The molecule has 1 atom stereocenters. The van der Waals surface area contributed by atoms with Crippen molar-refractivity contribution in [3.63, 3.8) is 0 Å². The number of hydrogen-bond acceptors (Lipinski definition) is 6. The van der Waals surface area contributed by atoms with Crippen molar-refractivity contribution in [2.24, 2.45) is 0 Å². The SMILES string of the molecule is [2H]B/C=C/N1C(=O)CCC1COCc1ccc(-c2nnn[nH]2)s1. The van der Waals surface area contributed by atoms with Gasteiger partial charge in [0.1, 0.15) is 7.81 Å². The van der Waals surface area contributed by atoms with Gasteiger partial charge in [-0.05, 0) is 36.5 Å². The van der Waals surface area contributed by atoms with Gasteiger partial charge in [-0.3, -0.25) is 4.79 Å². The molecule has 1 aliphatic heterocycles. The Balaban J connectivity index is 1.51. The van der Waals surface area contributed by atoms with Gasteiger partial charge in [-0.15, -0.1) is 22.4 Å². The molecular weight excluding hydrogens is 301 g/mol. The van der Waals surface area contributed by atoms with E-state index in [0.717, 1.165) is 16.2 Å². The van der Waals surface area contributed by atoms with Crippen molar-refractivity contribution < 1.29 is 9.53 Å². The van der Waals surface area contributed by atoms with Crippen molar-refractivity contribution in [2.75, 3.05) is 6.61 Å². The third-order valence-electron chi connectivity index (χ3n) is 3.43. The van der Waals surface area contributed by atoms with Crippen molar-refractivity contribution in [2.45, 2.75) is 25.5 Å². The predicted octanol–water partition coefficient (Wildman–Crippen LogP) is 0.540. The number of tetrazole rings is 1. The highest BCUT2D eigenvalue weighted by Crippen LogP contribution is 2.25. The summed E-state index contributed by atoms with van der Waals surface area (Å²) < 4.78 is 12.9. The second-order valence-electron chi connectivity index (χ2n) is 4.91. The summed E-state index contributed by atoms with van der Waals surface area (Å²) in [5.41, 5.74) is 0. The molecule has 0 bridgehead atoms. The lowest BCUT2D eigenvalue weighted by molar-refractivity contribution is -0.127. The molecule has 2 aromatic rings. The first-order chi connectivity index (χ1) is 11.3. The predicted molar refractivity (Wildman–Crippen MR) is 84.7 cm³/mol. The molecule has 114 valence electrons. The fourth-order valence-electron chi connectivity index (χ4n) is 2.39. The maximum Gasteiger partial charge on any atom is 0.226 e. The molecule has 1 saturated heterocycles. The Bertz CT molecular complexity index is 678. The molecule has 22 heavy (non-hydrogen) atoms. The number of carbonyl (C=O) groups is 1. The fourth-order valence-corrected chi connectivity index (χ4v) is 3.27. The molecule has 0 aliphatic carbocycles. The van der Waals surface area contributed by atoms with Crippen LogP contribution in [0.15, 0.2) is 24.3 Å². The molecule has 1 aliphatic rings. The Labute approximate surface area is 134 Å². The summed E-state index contributed by atoms with van der Waals surface area (Å²) in [5.74, 6) is 2.42. The van der Waals surface area contributed by atoms with Crippen molar-refractivity contribution in [3.8, 4) is 10.7 Å². The minimum atomic E-state index is 0.0585. The van der Waals surface area contributed by atoms with Crippen molar-refractivity contribution in [3.05, 3.63) is 29.2 Å². The maximum atomic E-state index is 11.8. The lowest BCUT2D eigenvalue weighted by Gasteiger charge is -2.20. The first kappa shape index (κ1) is 13.7. The van der Waals surface area contributed by atoms with Gasteiger partial charge in [-0.2, -0.15) is 0 Å². The molecule has 0 spiro atoms. The zero-order valence-corrected chi connectivity index (χ0v) is 12.8. The molecular formula is C13H16BN5O2S. The first-order valence-corrected chi connectivity index (χ1v) is 7.77. The minimum absolute atomic E-state index is 0.0585. The summed E-state index contributed by atoms with van der Waals surface area (Å²) in [5, 5.41) is 13.7. The highest BCUT2D eigenvalue weighted by atomic mass is 32.1. The number of thiophene rings is 1. The second kappa shape index (κ2) is 6.84. The Kier molecular flexibility index (Phi) is 4.25. The maximum absolute atomic E-state index is 11.8. The van der Waals surface area contributed by atoms with Crippen LogP contribution in [0.2, 0.25) is 0 Å². The Morgan fingerprint density at radius 3 is 3.41 bits per heavy atom. The number of hydrogen-bond donors (Lipinski definition) is 1. The van der Waals surface area contributed by atoms with E-state index < -0.39 is 0 Å². The van der Waals surface area contributed by atoms with Gasteiger partial charge < -0.3 is 9.64 Å². The summed E-state index contributed by atoms with van der Waals surface area (Å²) in [7, 11) is 0.172.